The highest BCUT2D eigenvalue weighted by Crippen LogP contribution is 2.32. The molecule has 0 radical (unpaired) electrons. The Labute approximate surface area is 217 Å². The number of ether oxygens (including phenoxy) is 1. The first-order valence-electron chi connectivity index (χ1n) is 11.9. The Morgan fingerprint density at radius 2 is 1.53 bits per heavy atom. The van der Waals surface area contributed by atoms with E-state index >= 15 is 0 Å². The zero-order valence-electron chi connectivity index (χ0n) is 20.3. The Bertz CT molecular complexity index is 1280. The smallest absolute Gasteiger partial charge is 0.417 e. The molecule has 0 spiro atoms. The molecular formula is C27H25F3N4O4. The van der Waals surface area contributed by atoms with E-state index in [2.05, 4.69) is 10.3 Å². The van der Waals surface area contributed by atoms with Crippen LogP contribution in [-0.4, -0.2) is 58.7 Å². The fraction of sp³-hybridized carbons (Fsp3) is 0.259. The van der Waals surface area contributed by atoms with Gasteiger partial charge in [-0.2, -0.15) is 13.2 Å². The van der Waals surface area contributed by atoms with Gasteiger partial charge in [0.2, 0.25) is 17.7 Å². The molecule has 0 saturated carbocycles. The maximum absolute atomic E-state index is 13.3. The molecule has 8 nitrogen and oxygen atoms in total. The molecule has 1 saturated heterocycles. The summed E-state index contributed by atoms with van der Waals surface area (Å²) in [6, 6.07) is 17.4. The first-order valence-corrected chi connectivity index (χ1v) is 11.9. The molecule has 3 amide bonds. The number of hydrogen-bond acceptors (Lipinski definition) is 5. The second kappa shape index (κ2) is 11.8. The Hall–Kier alpha value is -4.41. The van der Waals surface area contributed by atoms with Crippen LogP contribution in [0.15, 0.2) is 72.9 Å². The van der Waals surface area contributed by atoms with Gasteiger partial charge in [-0.25, -0.2) is 4.98 Å². The zero-order valence-corrected chi connectivity index (χ0v) is 20.3. The molecule has 3 aromatic rings. The second-order valence-corrected chi connectivity index (χ2v) is 8.60. The molecule has 1 aliphatic heterocycles. The highest BCUT2D eigenvalue weighted by atomic mass is 19.4. The van der Waals surface area contributed by atoms with Gasteiger partial charge in [-0.3, -0.25) is 14.4 Å². The average molecular weight is 527 g/mol. The predicted molar refractivity (Wildman–Crippen MR) is 132 cm³/mol. The van der Waals surface area contributed by atoms with Crippen molar-refractivity contribution in [2.24, 2.45) is 0 Å². The molecule has 1 aromatic heterocycles. The molecule has 2 aromatic carbocycles. The van der Waals surface area contributed by atoms with Gasteiger partial charge in [0.15, 0.2) is 0 Å². The number of anilines is 1. The molecule has 0 unspecified atom stereocenters. The zero-order chi connectivity index (χ0) is 27.1. The Morgan fingerprint density at radius 3 is 2.18 bits per heavy atom. The van der Waals surface area contributed by atoms with E-state index in [1.54, 1.807) is 12.1 Å². The van der Waals surface area contributed by atoms with E-state index in [0.717, 1.165) is 17.7 Å². The topological polar surface area (TPSA) is 91.8 Å². The number of halogens is 3. The van der Waals surface area contributed by atoms with Crippen molar-refractivity contribution >= 4 is 23.4 Å². The summed E-state index contributed by atoms with van der Waals surface area (Å²) in [5.74, 6) is -1.34. The van der Waals surface area contributed by atoms with Crippen LogP contribution in [0.4, 0.5) is 18.9 Å². The summed E-state index contributed by atoms with van der Waals surface area (Å²) in [6.07, 6.45) is -3.65. The molecule has 0 aliphatic carbocycles. The van der Waals surface area contributed by atoms with Crippen LogP contribution < -0.4 is 10.1 Å². The number of benzene rings is 2. The Kier molecular flexibility index (Phi) is 8.25. The van der Waals surface area contributed by atoms with Gasteiger partial charge in [-0.05, 0) is 23.8 Å². The normalized spacial score (nSPS) is 13.7. The van der Waals surface area contributed by atoms with Crippen LogP contribution in [0.3, 0.4) is 0 Å². The Morgan fingerprint density at radius 1 is 0.868 bits per heavy atom. The summed E-state index contributed by atoms with van der Waals surface area (Å²) in [6.45, 7) is 0.698. The molecular weight excluding hydrogens is 501 g/mol. The lowest BCUT2D eigenvalue weighted by Gasteiger charge is -2.35. The SMILES string of the molecule is O=C(CC(=O)N1CCN(C(=O)c2ccccc2C(F)(F)F)CC1)Nc1ccc(OCc2ccccc2)nc1. The summed E-state index contributed by atoms with van der Waals surface area (Å²) < 4.78 is 45.4. The van der Waals surface area contributed by atoms with E-state index in [1.807, 2.05) is 30.3 Å². The Balaban J connectivity index is 1.24. The summed E-state index contributed by atoms with van der Waals surface area (Å²) >= 11 is 0. The lowest BCUT2D eigenvalue weighted by atomic mass is 10.1. The molecule has 198 valence electrons. The van der Waals surface area contributed by atoms with Crippen molar-refractivity contribution in [3.8, 4) is 5.88 Å². The minimum absolute atomic E-state index is 0.0622. The van der Waals surface area contributed by atoms with Crippen molar-refractivity contribution in [1.29, 1.82) is 0 Å². The lowest BCUT2D eigenvalue weighted by molar-refractivity contribution is -0.138. The van der Waals surface area contributed by atoms with E-state index < -0.39 is 41.4 Å². The maximum Gasteiger partial charge on any atom is 0.417 e. The van der Waals surface area contributed by atoms with Crippen molar-refractivity contribution in [3.05, 3.63) is 89.6 Å². The molecule has 11 heteroatoms. The third kappa shape index (κ3) is 6.87. The minimum atomic E-state index is -4.65. The van der Waals surface area contributed by atoms with E-state index in [0.29, 0.717) is 18.2 Å². The summed E-state index contributed by atoms with van der Waals surface area (Å²) in [5, 5.41) is 2.61. The molecule has 0 atom stereocenters. The van der Waals surface area contributed by atoms with Crippen LogP contribution in [0.5, 0.6) is 5.88 Å². The summed E-state index contributed by atoms with van der Waals surface area (Å²) in [7, 11) is 0. The van der Waals surface area contributed by atoms with Crippen molar-refractivity contribution in [1.82, 2.24) is 14.8 Å². The maximum atomic E-state index is 13.3. The molecule has 0 bridgehead atoms. The number of carbonyl (C=O) groups excluding carboxylic acids is 3. The third-order valence-electron chi connectivity index (χ3n) is 5.94. The van der Waals surface area contributed by atoms with Gasteiger partial charge in [-0.15, -0.1) is 0 Å². The van der Waals surface area contributed by atoms with Crippen molar-refractivity contribution in [3.63, 3.8) is 0 Å². The van der Waals surface area contributed by atoms with E-state index in [9.17, 15) is 27.6 Å². The van der Waals surface area contributed by atoms with Crippen molar-refractivity contribution < 1.29 is 32.3 Å². The van der Waals surface area contributed by atoms with Crippen molar-refractivity contribution in [2.45, 2.75) is 19.2 Å². The van der Waals surface area contributed by atoms with Gasteiger partial charge in [0, 0.05) is 32.2 Å². The molecule has 2 heterocycles. The number of rotatable bonds is 7. The van der Waals surface area contributed by atoms with Crippen LogP contribution in [0, 0.1) is 0 Å². The van der Waals surface area contributed by atoms with Gasteiger partial charge in [0.05, 0.1) is 23.0 Å². The van der Waals surface area contributed by atoms with Gasteiger partial charge >= 0.3 is 6.18 Å². The number of nitrogens with one attached hydrogen (secondary N) is 1. The van der Waals surface area contributed by atoms with Gasteiger partial charge in [-0.1, -0.05) is 42.5 Å². The number of hydrogen-bond donors (Lipinski definition) is 1. The second-order valence-electron chi connectivity index (χ2n) is 8.60. The standard InChI is InChI=1S/C27H25F3N4O4/c28-27(29,30)22-9-5-4-8-21(22)26(37)34-14-12-33(13-15-34)25(36)16-23(35)32-20-10-11-24(31-17-20)38-18-19-6-2-1-3-7-19/h1-11,17H,12-16,18H2,(H,32,35). The molecule has 38 heavy (non-hydrogen) atoms. The number of carbonyl (C=O) groups is 3. The van der Waals surface area contributed by atoms with Gasteiger partial charge < -0.3 is 19.9 Å². The number of aromatic nitrogens is 1. The van der Waals surface area contributed by atoms with Crippen LogP contribution >= 0.6 is 0 Å². The van der Waals surface area contributed by atoms with E-state index in [1.165, 1.54) is 28.1 Å². The van der Waals surface area contributed by atoms with Crippen molar-refractivity contribution in [2.75, 3.05) is 31.5 Å². The lowest BCUT2D eigenvalue weighted by Crippen LogP contribution is -2.51. The van der Waals surface area contributed by atoms with Crippen LogP contribution in [0.25, 0.3) is 0 Å². The number of amides is 3. The van der Waals surface area contributed by atoms with Gasteiger partial charge in [0.25, 0.3) is 5.91 Å². The van der Waals surface area contributed by atoms with E-state index in [-0.39, 0.29) is 26.2 Å². The van der Waals surface area contributed by atoms with Crippen LogP contribution in [0.1, 0.15) is 27.9 Å². The predicted octanol–water partition coefficient (Wildman–Crippen LogP) is 3.99. The molecule has 1 N–H and O–H groups in total. The first kappa shape index (κ1) is 26.6. The summed E-state index contributed by atoms with van der Waals surface area (Å²) in [4.78, 5) is 44.5. The molecule has 1 aliphatic rings. The fourth-order valence-electron chi connectivity index (χ4n) is 3.97. The van der Waals surface area contributed by atoms with Crippen LogP contribution in [0.2, 0.25) is 0 Å². The van der Waals surface area contributed by atoms with Gasteiger partial charge in [0.1, 0.15) is 13.0 Å². The number of nitrogens with zero attached hydrogens (tertiary/aromatic N) is 3. The minimum Gasteiger partial charge on any atom is -0.473 e. The average Bonchev–Trinajstić information content (AvgIpc) is 2.92. The van der Waals surface area contributed by atoms with E-state index in [4.69, 9.17) is 4.74 Å². The largest absolute Gasteiger partial charge is 0.473 e. The third-order valence-corrected chi connectivity index (χ3v) is 5.94. The highest BCUT2D eigenvalue weighted by Gasteiger charge is 2.36. The quantitative estimate of drug-likeness (QED) is 0.470. The molecule has 1 fully saturated rings. The number of alkyl halides is 3. The first-order chi connectivity index (χ1) is 18.2. The number of piperazine rings is 1. The van der Waals surface area contributed by atoms with Crippen LogP contribution in [-0.2, 0) is 22.4 Å². The molecule has 4 rings (SSSR count). The highest BCUT2D eigenvalue weighted by molar-refractivity contribution is 6.03. The number of pyridine rings is 1. The fourth-order valence-corrected chi connectivity index (χ4v) is 3.97. The summed E-state index contributed by atoms with van der Waals surface area (Å²) in [5.41, 5.74) is -0.0372. The monoisotopic (exact) mass is 526 g/mol.